The molecule has 0 aliphatic heterocycles. The normalized spacial score (nSPS) is 40.4. The van der Waals surface area contributed by atoms with Gasteiger partial charge in [-0.1, -0.05) is 0 Å². The lowest BCUT2D eigenvalue weighted by molar-refractivity contribution is -0.0187. The van der Waals surface area contributed by atoms with Crippen molar-refractivity contribution in [2.45, 2.75) is 32.1 Å². The first-order valence-corrected chi connectivity index (χ1v) is 7.48. The Bertz CT molecular complexity index is 506. The molecule has 98 valence electrons. The second-order valence-electron chi connectivity index (χ2n) is 6.68. The van der Waals surface area contributed by atoms with E-state index in [4.69, 9.17) is 4.42 Å². The highest BCUT2D eigenvalue weighted by molar-refractivity contribution is 5.54. The zero-order chi connectivity index (χ0) is 12.8. The Morgan fingerprint density at radius 2 is 1.84 bits per heavy atom. The van der Waals surface area contributed by atoms with Crippen molar-refractivity contribution in [2.75, 3.05) is 0 Å². The molecule has 4 aliphatic rings. The van der Waals surface area contributed by atoms with Crippen molar-refractivity contribution in [1.82, 2.24) is 0 Å². The summed E-state index contributed by atoms with van der Waals surface area (Å²) in [5.74, 6) is 4.77. The molecular formula is C17H19NO. The Kier molecular flexibility index (Phi) is 2.55. The third kappa shape index (κ3) is 1.84. The summed E-state index contributed by atoms with van der Waals surface area (Å²) >= 11 is 0. The average molecular weight is 253 g/mol. The number of furan rings is 1. The quantitative estimate of drug-likeness (QED) is 0.738. The molecule has 0 N–H and O–H groups in total. The summed E-state index contributed by atoms with van der Waals surface area (Å²) in [7, 11) is 0. The zero-order valence-corrected chi connectivity index (χ0v) is 11.1. The monoisotopic (exact) mass is 253 g/mol. The number of nitriles is 1. The highest BCUT2D eigenvalue weighted by Gasteiger charge is 2.49. The molecule has 19 heavy (non-hydrogen) atoms. The Hall–Kier alpha value is -1.49. The van der Waals surface area contributed by atoms with Gasteiger partial charge in [-0.25, -0.2) is 0 Å². The SMILES string of the molecule is N#C/C(=C\c1ccco1)C1C2CC3CC(C2)CC1C3. The van der Waals surface area contributed by atoms with E-state index in [-0.39, 0.29) is 0 Å². The van der Waals surface area contributed by atoms with E-state index in [2.05, 4.69) is 6.07 Å². The van der Waals surface area contributed by atoms with Crippen molar-refractivity contribution >= 4 is 6.08 Å². The van der Waals surface area contributed by atoms with Gasteiger partial charge in [0, 0.05) is 5.57 Å². The van der Waals surface area contributed by atoms with Crippen LogP contribution in [-0.2, 0) is 0 Å². The maximum atomic E-state index is 9.55. The van der Waals surface area contributed by atoms with Gasteiger partial charge in [0.05, 0.1) is 12.3 Å². The molecule has 4 bridgehead atoms. The van der Waals surface area contributed by atoms with Crippen LogP contribution in [0.15, 0.2) is 28.4 Å². The van der Waals surface area contributed by atoms with E-state index in [1.54, 1.807) is 6.26 Å². The fraction of sp³-hybridized carbons (Fsp3) is 0.588. The molecule has 1 aromatic rings. The van der Waals surface area contributed by atoms with E-state index in [0.717, 1.165) is 35.0 Å². The lowest BCUT2D eigenvalue weighted by Crippen LogP contribution is -2.45. The predicted molar refractivity (Wildman–Crippen MR) is 72.8 cm³/mol. The van der Waals surface area contributed by atoms with Gasteiger partial charge in [-0.15, -0.1) is 0 Å². The Balaban J connectivity index is 1.66. The summed E-state index contributed by atoms with van der Waals surface area (Å²) in [6, 6.07) is 6.29. The van der Waals surface area contributed by atoms with Crippen LogP contribution in [0, 0.1) is 40.9 Å². The minimum atomic E-state index is 0.503. The molecule has 0 radical (unpaired) electrons. The smallest absolute Gasteiger partial charge is 0.127 e. The molecule has 1 aromatic heterocycles. The van der Waals surface area contributed by atoms with E-state index >= 15 is 0 Å². The molecule has 4 aliphatic carbocycles. The van der Waals surface area contributed by atoms with E-state index < -0.39 is 0 Å². The number of rotatable bonds is 2. The van der Waals surface area contributed by atoms with Crippen LogP contribution >= 0.6 is 0 Å². The number of hydrogen-bond acceptors (Lipinski definition) is 2. The topological polar surface area (TPSA) is 36.9 Å². The van der Waals surface area contributed by atoms with Gasteiger partial charge in [-0.05, 0) is 79.9 Å². The van der Waals surface area contributed by atoms with Gasteiger partial charge >= 0.3 is 0 Å². The van der Waals surface area contributed by atoms with Crippen molar-refractivity contribution in [1.29, 1.82) is 5.26 Å². The third-order valence-electron chi connectivity index (χ3n) is 5.56. The van der Waals surface area contributed by atoms with Crippen LogP contribution < -0.4 is 0 Å². The molecule has 1 heterocycles. The van der Waals surface area contributed by atoms with Crippen LogP contribution in [0.3, 0.4) is 0 Å². The van der Waals surface area contributed by atoms with E-state index in [1.165, 1.54) is 32.1 Å². The fourth-order valence-corrected chi connectivity index (χ4v) is 5.16. The van der Waals surface area contributed by atoms with Gasteiger partial charge in [0.25, 0.3) is 0 Å². The van der Waals surface area contributed by atoms with Gasteiger partial charge in [0.1, 0.15) is 5.76 Å². The molecule has 0 unspecified atom stereocenters. The standard InChI is InChI=1S/C17H19NO/c18-10-15(9-16-2-1-3-19-16)17-13-5-11-4-12(7-13)8-14(17)6-11/h1-3,9,11-14,17H,4-8H2/b15-9+. The summed E-state index contributed by atoms with van der Waals surface area (Å²) in [6.07, 6.45) is 10.5. The average Bonchev–Trinajstić information content (AvgIpc) is 2.89. The minimum absolute atomic E-state index is 0.503. The fourth-order valence-electron chi connectivity index (χ4n) is 5.16. The van der Waals surface area contributed by atoms with Crippen LogP contribution in [0.2, 0.25) is 0 Å². The zero-order valence-electron chi connectivity index (χ0n) is 11.1. The van der Waals surface area contributed by atoms with Gasteiger partial charge in [-0.2, -0.15) is 5.26 Å². The lowest BCUT2D eigenvalue weighted by atomic mass is 9.50. The van der Waals surface area contributed by atoms with Crippen LogP contribution in [0.4, 0.5) is 0 Å². The number of hydrogen-bond donors (Lipinski definition) is 0. The van der Waals surface area contributed by atoms with E-state index in [9.17, 15) is 5.26 Å². The van der Waals surface area contributed by atoms with Gasteiger partial charge < -0.3 is 4.42 Å². The maximum absolute atomic E-state index is 9.55. The lowest BCUT2D eigenvalue weighted by Gasteiger charge is -2.54. The van der Waals surface area contributed by atoms with Crippen LogP contribution in [0.1, 0.15) is 37.9 Å². The molecule has 0 spiro atoms. The highest BCUT2D eigenvalue weighted by Crippen LogP contribution is 2.58. The third-order valence-corrected chi connectivity index (χ3v) is 5.56. The maximum Gasteiger partial charge on any atom is 0.127 e. The van der Waals surface area contributed by atoms with Crippen molar-refractivity contribution in [3.8, 4) is 6.07 Å². The van der Waals surface area contributed by atoms with Gasteiger partial charge in [0.2, 0.25) is 0 Å². The van der Waals surface area contributed by atoms with Gasteiger partial charge in [-0.3, -0.25) is 0 Å². The second kappa shape index (κ2) is 4.27. The summed E-state index contributed by atoms with van der Waals surface area (Å²) in [5, 5.41) is 9.55. The minimum Gasteiger partial charge on any atom is -0.465 e. The molecule has 2 nitrogen and oxygen atoms in total. The Morgan fingerprint density at radius 3 is 2.37 bits per heavy atom. The summed E-state index contributed by atoms with van der Waals surface area (Å²) in [5.41, 5.74) is 0.962. The number of nitrogens with zero attached hydrogens (tertiary/aromatic N) is 1. The first-order chi connectivity index (χ1) is 9.33. The molecule has 0 saturated heterocycles. The van der Waals surface area contributed by atoms with E-state index in [0.29, 0.717) is 5.92 Å². The van der Waals surface area contributed by atoms with Crippen LogP contribution in [-0.4, -0.2) is 0 Å². The second-order valence-corrected chi connectivity index (χ2v) is 6.68. The molecule has 4 saturated carbocycles. The summed E-state index contributed by atoms with van der Waals surface area (Å²) < 4.78 is 5.38. The summed E-state index contributed by atoms with van der Waals surface area (Å²) in [6.45, 7) is 0. The van der Waals surface area contributed by atoms with Crippen molar-refractivity contribution in [2.24, 2.45) is 29.6 Å². The molecule has 4 fully saturated rings. The molecular weight excluding hydrogens is 234 g/mol. The highest BCUT2D eigenvalue weighted by atomic mass is 16.3. The first-order valence-electron chi connectivity index (χ1n) is 7.48. The molecule has 0 aromatic carbocycles. The largest absolute Gasteiger partial charge is 0.465 e. The molecule has 0 atom stereocenters. The summed E-state index contributed by atoms with van der Waals surface area (Å²) in [4.78, 5) is 0. The van der Waals surface area contributed by atoms with Crippen LogP contribution in [0.25, 0.3) is 6.08 Å². The molecule has 2 heteroatoms. The van der Waals surface area contributed by atoms with Crippen molar-refractivity contribution in [3.63, 3.8) is 0 Å². The first kappa shape index (κ1) is 11.3. The molecule has 5 rings (SSSR count). The Labute approximate surface area is 114 Å². The molecule has 0 amide bonds. The van der Waals surface area contributed by atoms with Crippen molar-refractivity contribution < 1.29 is 4.42 Å². The van der Waals surface area contributed by atoms with Crippen molar-refractivity contribution in [3.05, 3.63) is 29.7 Å². The Morgan fingerprint density at radius 1 is 1.16 bits per heavy atom. The predicted octanol–water partition coefficient (Wildman–Crippen LogP) is 4.26. The van der Waals surface area contributed by atoms with E-state index in [1.807, 2.05) is 18.2 Å². The number of allylic oxidation sites excluding steroid dienone is 1. The van der Waals surface area contributed by atoms with Gasteiger partial charge in [0.15, 0.2) is 0 Å². The van der Waals surface area contributed by atoms with Crippen LogP contribution in [0.5, 0.6) is 0 Å².